The summed E-state index contributed by atoms with van der Waals surface area (Å²) in [5.41, 5.74) is 0. The lowest BCUT2D eigenvalue weighted by Crippen LogP contribution is -2.29. The van der Waals surface area contributed by atoms with Crippen LogP contribution in [0.4, 0.5) is 0 Å². The highest BCUT2D eigenvalue weighted by molar-refractivity contribution is 7.47. The van der Waals surface area contributed by atoms with Gasteiger partial charge in [0.2, 0.25) is 0 Å². The molecule has 0 amide bonds. The number of aliphatic hydroxyl groups is 2. The molecule has 0 aromatic carbocycles. The Kier molecular flexibility index (Phi) is 36.4. The van der Waals surface area contributed by atoms with E-state index in [0.717, 1.165) is 64.2 Å². The van der Waals surface area contributed by atoms with Gasteiger partial charge in [-0.25, -0.2) is 4.57 Å². The van der Waals surface area contributed by atoms with Gasteiger partial charge in [-0.3, -0.25) is 18.6 Å². The molecule has 0 saturated carbocycles. The zero-order valence-electron chi connectivity index (χ0n) is 33.1. The Bertz CT molecular complexity index is 1170. The summed E-state index contributed by atoms with van der Waals surface area (Å²) >= 11 is 0. The second-order valence-electron chi connectivity index (χ2n) is 13.1. The first-order chi connectivity index (χ1) is 26.2. The van der Waals surface area contributed by atoms with E-state index in [1.165, 1.54) is 32.1 Å². The molecule has 2 unspecified atom stereocenters. The molecule has 0 spiro atoms. The van der Waals surface area contributed by atoms with E-state index < -0.39 is 51.8 Å². The normalized spacial score (nSPS) is 14.8. The van der Waals surface area contributed by atoms with Crippen LogP contribution in [0.2, 0.25) is 0 Å². The number of ether oxygens (including phenoxy) is 2. The smallest absolute Gasteiger partial charge is 0.462 e. The summed E-state index contributed by atoms with van der Waals surface area (Å²) in [6.45, 7) is 2.12. The molecule has 0 aromatic rings. The zero-order chi connectivity index (χ0) is 39.8. The molecule has 0 rings (SSSR count). The number of hydrogen-bond donors (Lipinski definition) is 3. The van der Waals surface area contributed by atoms with Crippen LogP contribution in [-0.2, 0) is 32.7 Å². The molecule has 0 bridgehead atoms. The van der Waals surface area contributed by atoms with Crippen LogP contribution < -0.4 is 0 Å². The number of aliphatic hydroxyl groups excluding tert-OH is 2. The summed E-state index contributed by atoms with van der Waals surface area (Å²) in [5, 5.41) is 18.3. The maximum absolute atomic E-state index is 12.5. The second kappa shape index (κ2) is 38.4. The zero-order valence-corrected chi connectivity index (χ0v) is 34.0. The predicted octanol–water partition coefficient (Wildman–Crippen LogP) is 10.3. The van der Waals surface area contributed by atoms with Crippen LogP contribution in [0.25, 0.3) is 0 Å². The number of rotatable bonds is 36. The Labute approximate surface area is 326 Å². The number of carbonyl (C=O) groups excluding carboxylic acids is 2. The molecule has 11 heteroatoms. The van der Waals surface area contributed by atoms with Crippen LogP contribution >= 0.6 is 7.82 Å². The maximum atomic E-state index is 12.5. The summed E-state index contributed by atoms with van der Waals surface area (Å²) in [4.78, 5) is 34.9. The van der Waals surface area contributed by atoms with E-state index in [-0.39, 0.29) is 19.4 Å². The van der Waals surface area contributed by atoms with Crippen molar-refractivity contribution in [3.05, 3.63) is 85.1 Å². The minimum absolute atomic E-state index is 0.128. The van der Waals surface area contributed by atoms with Gasteiger partial charge in [-0.2, -0.15) is 0 Å². The molecule has 0 aliphatic rings. The van der Waals surface area contributed by atoms with Crippen LogP contribution in [0.1, 0.15) is 136 Å². The lowest BCUT2D eigenvalue weighted by atomic mass is 10.1. The number of esters is 2. The number of phosphoric acid groups is 1. The molecule has 0 radical (unpaired) electrons. The molecular weight excluding hydrogens is 707 g/mol. The average Bonchev–Trinajstić information content (AvgIpc) is 3.16. The van der Waals surface area contributed by atoms with Crippen molar-refractivity contribution >= 4 is 19.8 Å². The lowest BCUT2D eigenvalue weighted by Gasteiger charge is -2.20. The molecule has 54 heavy (non-hydrogen) atoms. The summed E-state index contributed by atoms with van der Waals surface area (Å²) in [7, 11) is -4.64. The molecule has 3 N–H and O–H groups in total. The average molecular weight is 779 g/mol. The van der Waals surface area contributed by atoms with E-state index in [0.29, 0.717) is 12.8 Å². The van der Waals surface area contributed by atoms with E-state index in [1.807, 2.05) is 36.5 Å². The second-order valence-corrected chi connectivity index (χ2v) is 14.5. The van der Waals surface area contributed by atoms with Gasteiger partial charge in [-0.1, -0.05) is 150 Å². The van der Waals surface area contributed by atoms with E-state index >= 15 is 0 Å². The minimum atomic E-state index is -4.64. The van der Waals surface area contributed by atoms with Crippen molar-refractivity contribution in [2.45, 2.75) is 148 Å². The van der Waals surface area contributed by atoms with Gasteiger partial charge >= 0.3 is 19.8 Å². The standard InChI is InChI=1S/C43H71O10P/c1-3-5-7-9-11-13-15-17-18-19-20-21-23-24-26-28-30-32-34-42(46)50-38-41(39-52-54(48,49)51-37-40(45)36-44)53-43(47)35-33-31-29-27-25-22-16-14-12-10-8-6-4-2/h6,8,10,12,14-22,25,40-41,44-45H,3-5,7,9,11,13,23-24,26-39H2,1-2H3,(H,48,49)/b8-6+,12-10+,16-14+,17-15+,19-18+,21-20+,25-22+/t40-,41?/m1/s1. The first kappa shape index (κ1) is 51.1. The minimum Gasteiger partial charge on any atom is -0.462 e. The Hall–Kier alpha value is -2.85. The summed E-state index contributed by atoms with van der Waals surface area (Å²) in [5.74, 6) is -1.00. The van der Waals surface area contributed by atoms with Gasteiger partial charge in [0.25, 0.3) is 0 Å². The fourth-order valence-electron chi connectivity index (χ4n) is 4.83. The lowest BCUT2D eigenvalue weighted by molar-refractivity contribution is -0.161. The topological polar surface area (TPSA) is 149 Å². The van der Waals surface area contributed by atoms with Crippen molar-refractivity contribution < 1.29 is 47.8 Å². The number of phosphoric ester groups is 1. The number of allylic oxidation sites excluding steroid dienone is 14. The summed E-state index contributed by atoms with van der Waals surface area (Å²) in [6.07, 6.45) is 44.1. The van der Waals surface area contributed by atoms with Crippen molar-refractivity contribution in [2.24, 2.45) is 0 Å². The van der Waals surface area contributed by atoms with Crippen molar-refractivity contribution in [3.8, 4) is 0 Å². The van der Waals surface area contributed by atoms with Gasteiger partial charge in [0.15, 0.2) is 6.10 Å². The number of unbranched alkanes of at least 4 members (excludes halogenated alkanes) is 13. The number of carbonyl (C=O) groups is 2. The summed E-state index contributed by atoms with van der Waals surface area (Å²) in [6, 6.07) is 0. The summed E-state index contributed by atoms with van der Waals surface area (Å²) < 4.78 is 32.6. The van der Waals surface area contributed by atoms with E-state index in [9.17, 15) is 24.2 Å². The highest BCUT2D eigenvalue weighted by atomic mass is 31.2. The van der Waals surface area contributed by atoms with E-state index in [4.69, 9.17) is 19.1 Å². The van der Waals surface area contributed by atoms with E-state index in [1.54, 1.807) is 0 Å². The van der Waals surface area contributed by atoms with Gasteiger partial charge in [-0.05, 0) is 57.8 Å². The fraction of sp³-hybridized carbons (Fsp3) is 0.628. The van der Waals surface area contributed by atoms with Crippen molar-refractivity contribution in [1.82, 2.24) is 0 Å². The third kappa shape index (κ3) is 37.5. The first-order valence-corrected chi connectivity index (χ1v) is 21.6. The molecule has 308 valence electrons. The molecule has 0 heterocycles. The van der Waals surface area contributed by atoms with Gasteiger partial charge in [-0.15, -0.1) is 0 Å². The largest absolute Gasteiger partial charge is 0.472 e. The van der Waals surface area contributed by atoms with Crippen molar-refractivity contribution in [3.63, 3.8) is 0 Å². The van der Waals surface area contributed by atoms with Gasteiger partial charge in [0.05, 0.1) is 19.8 Å². The number of hydrogen-bond acceptors (Lipinski definition) is 9. The van der Waals surface area contributed by atoms with Gasteiger partial charge < -0.3 is 24.6 Å². The highest BCUT2D eigenvalue weighted by Gasteiger charge is 2.27. The molecule has 0 fully saturated rings. The van der Waals surface area contributed by atoms with Crippen LogP contribution in [0.3, 0.4) is 0 Å². The van der Waals surface area contributed by atoms with Crippen molar-refractivity contribution in [1.29, 1.82) is 0 Å². The molecule has 3 atom stereocenters. The predicted molar refractivity (Wildman–Crippen MR) is 219 cm³/mol. The first-order valence-electron chi connectivity index (χ1n) is 20.1. The maximum Gasteiger partial charge on any atom is 0.472 e. The molecule has 0 aromatic heterocycles. The third-order valence-electron chi connectivity index (χ3n) is 7.94. The Morgan fingerprint density at radius 2 is 1.02 bits per heavy atom. The van der Waals surface area contributed by atoms with Crippen LogP contribution in [-0.4, -0.2) is 65.7 Å². The Balaban J connectivity index is 4.45. The Morgan fingerprint density at radius 1 is 0.574 bits per heavy atom. The molecule has 0 saturated heterocycles. The molecule has 10 nitrogen and oxygen atoms in total. The van der Waals surface area contributed by atoms with Gasteiger partial charge in [0, 0.05) is 12.8 Å². The highest BCUT2D eigenvalue weighted by Crippen LogP contribution is 2.43. The monoisotopic (exact) mass is 778 g/mol. The van der Waals surface area contributed by atoms with Crippen LogP contribution in [0, 0.1) is 0 Å². The SMILES string of the molecule is CC/C=C/C=C/C=C/C=C/CCCCCC(=O)OC(COC(=O)CCCCCCC/C=C/C=C/C=C/CCCCCCC)COP(=O)(O)OC[C@H](O)CO. The van der Waals surface area contributed by atoms with E-state index in [2.05, 4.69) is 67.0 Å². The fourth-order valence-corrected chi connectivity index (χ4v) is 5.62. The molecule has 0 aliphatic carbocycles. The van der Waals surface area contributed by atoms with Gasteiger partial charge in [0.1, 0.15) is 12.7 Å². The molecule has 0 aliphatic heterocycles. The third-order valence-corrected chi connectivity index (χ3v) is 8.89. The van der Waals surface area contributed by atoms with Crippen LogP contribution in [0.5, 0.6) is 0 Å². The quantitative estimate of drug-likeness (QED) is 0.0243. The van der Waals surface area contributed by atoms with Crippen LogP contribution in [0.15, 0.2) is 85.1 Å². The molecular formula is C43H71O10P. The van der Waals surface area contributed by atoms with Crippen molar-refractivity contribution in [2.75, 3.05) is 26.4 Å². The Morgan fingerprint density at radius 3 is 1.56 bits per heavy atom.